The fraction of sp³-hybridized carbons (Fsp3) is 0.636. The Morgan fingerprint density at radius 3 is 1.73 bits per heavy atom. The van der Waals surface area contributed by atoms with Crippen LogP contribution in [-0.4, -0.2) is 22.2 Å². The van der Waals surface area contributed by atoms with Gasteiger partial charge in [-0.15, -0.1) is 0 Å². The molecule has 4 heteroatoms. The molecule has 4 nitrogen and oxygen atoms in total. The summed E-state index contributed by atoms with van der Waals surface area (Å²) < 4.78 is 0. The summed E-state index contributed by atoms with van der Waals surface area (Å²) >= 11 is 0. The van der Waals surface area contributed by atoms with Gasteiger partial charge in [0, 0.05) is 0 Å². The molecule has 2 atom stereocenters. The van der Waals surface area contributed by atoms with Crippen LogP contribution in [0.5, 0.6) is 0 Å². The molecule has 0 aliphatic rings. The molecule has 0 aliphatic heterocycles. The van der Waals surface area contributed by atoms with E-state index in [1.807, 2.05) is 45.9 Å². The largest absolute Gasteiger partial charge is 0.481 e. The Balaban J connectivity index is 3.62. The van der Waals surface area contributed by atoms with Crippen LogP contribution in [0.25, 0.3) is 0 Å². The van der Waals surface area contributed by atoms with Gasteiger partial charge in [0.15, 0.2) is 0 Å². The van der Waals surface area contributed by atoms with Crippen LogP contribution in [0.3, 0.4) is 0 Å². The lowest BCUT2D eigenvalue weighted by molar-refractivity contribution is -0.140. The van der Waals surface area contributed by atoms with Gasteiger partial charge in [0.2, 0.25) is 0 Å². The third-order valence-corrected chi connectivity index (χ3v) is 4.59. The standard InChI is InChI=1S/C22H34O4/c1-13(2)10-16-8-7-9-17(18(21(23)24)11-14(3)4)20(16)19(22(25)26)12-15(5)6/h7-9,13-15,18-19H,10-12H2,1-6H3,(H,23,24)(H,25,26). The van der Waals surface area contributed by atoms with Gasteiger partial charge < -0.3 is 10.2 Å². The van der Waals surface area contributed by atoms with Gasteiger partial charge in [-0.1, -0.05) is 59.7 Å². The summed E-state index contributed by atoms with van der Waals surface area (Å²) in [6.45, 7) is 12.2. The van der Waals surface area contributed by atoms with Crippen LogP contribution < -0.4 is 0 Å². The Kier molecular flexibility index (Phi) is 8.32. The van der Waals surface area contributed by atoms with E-state index in [1.54, 1.807) is 0 Å². The van der Waals surface area contributed by atoms with Crippen molar-refractivity contribution in [2.45, 2.75) is 72.6 Å². The molecule has 0 saturated carbocycles. The Morgan fingerprint density at radius 2 is 1.31 bits per heavy atom. The van der Waals surface area contributed by atoms with E-state index < -0.39 is 23.8 Å². The Labute approximate surface area is 157 Å². The number of benzene rings is 1. The maximum absolute atomic E-state index is 12.1. The minimum Gasteiger partial charge on any atom is -0.481 e. The summed E-state index contributed by atoms with van der Waals surface area (Å²) in [6.07, 6.45) is 1.76. The number of rotatable bonds is 10. The lowest BCUT2D eigenvalue weighted by Crippen LogP contribution is -2.23. The van der Waals surface area contributed by atoms with Crippen LogP contribution in [0.1, 0.15) is 82.9 Å². The molecule has 146 valence electrons. The molecular weight excluding hydrogens is 328 g/mol. The first kappa shape index (κ1) is 22.2. The molecule has 1 aromatic rings. The molecule has 2 unspecified atom stereocenters. The van der Waals surface area contributed by atoms with E-state index in [2.05, 4.69) is 13.8 Å². The number of hydrogen-bond donors (Lipinski definition) is 2. The zero-order chi connectivity index (χ0) is 20.0. The van der Waals surface area contributed by atoms with Gasteiger partial charge in [0.25, 0.3) is 0 Å². The number of carboxylic acid groups (broad SMARTS) is 2. The number of carboxylic acids is 2. The van der Waals surface area contributed by atoms with Crippen LogP contribution in [-0.2, 0) is 16.0 Å². The smallest absolute Gasteiger partial charge is 0.311 e. The quantitative estimate of drug-likeness (QED) is 0.591. The van der Waals surface area contributed by atoms with Gasteiger partial charge in [-0.2, -0.15) is 0 Å². The van der Waals surface area contributed by atoms with Gasteiger partial charge in [-0.25, -0.2) is 0 Å². The van der Waals surface area contributed by atoms with Crippen molar-refractivity contribution in [1.29, 1.82) is 0 Å². The molecule has 1 aromatic carbocycles. The maximum Gasteiger partial charge on any atom is 0.311 e. The fourth-order valence-electron chi connectivity index (χ4n) is 3.63. The summed E-state index contributed by atoms with van der Waals surface area (Å²) in [7, 11) is 0. The Hall–Kier alpha value is -1.84. The highest BCUT2D eigenvalue weighted by atomic mass is 16.4. The van der Waals surface area contributed by atoms with Gasteiger partial charge in [0.05, 0.1) is 11.8 Å². The summed E-state index contributed by atoms with van der Waals surface area (Å²) in [5.41, 5.74) is 2.38. The predicted molar refractivity (Wildman–Crippen MR) is 105 cm³/mol. The van der Waals surface area contributed by atoms with E-state index in [-0.39, 0.29) is 11.8 Å². The second kappa shape index (κ2) is 9.75. The second-order valence-corrected chi connectivity index (χ2v) is 8.56. The number of hydrogen-bond acceptors (Lipinski definition) is 2. The molecule has 0 amide bonds. The van der Waals surface area contributed by atoms with Crippen molar-refractivity contribution in [3.05, 3.63) is 34.9 Å². The maximum atomic E-state index is 12.1. The van der Waals surface area contributed by atoms with Crippen LogP contribution in [0.15, 0.2) is 18.2 Å². The first-order valence-electron chi connectivity index (χ1n) is 9.61. The molecule has 0 radical (unpaired) electrons. The zero-order valence-corrected chi connectivity index (χ0v) is 17.0. The first-order valence-corrected chi connectivity index (χ1v) is 9.61. The molecule has 0 bridgehead atoms. The third kappa shape index (κ3) is 6.15. The molecule has 2 N–H and O–H groups in total. The van der Waals surface area contributed by atoms with Crippen molar-refractivity contribution < 1.29 is 19.8 Å². The Bertz CT molecular complexity index is 617. The minimum absolute atomic E-state index is 0.212. The average molecular weight is 363 g/mol. The van der Waals surface area contributed by atoms with Crippen molar-refractivity contribution >= 4 is 11.9 Å². The minimum atomic E-state index is -0.879. The van der Waals surface area contributed by atoms with E-state index in [1.165, 1.54) is 0 Å². The molecular formula is C22H34O4. The van der Waals surface area contributed by atoms with Crippen molar-refractivity contribution in [1.82, 2.24) is 0 Å². The van der Waals surface area contributed by atoms with Gasteiger partial charge in [-0.3, -0.25) is 9.59 Å². The fourth-order valence-corrected chi connectivity index (χ4v) is 3.63. The molecule has 1 rings (SSSR count). The van der Waals surface area contributed by atoms with E-state index in [0.29, 0.717) is 24.3 Å². The summed E-state index contributed by atoms with van der Waals surface area (Å²) in [5, 5.41) is 19.7. The number of carbonyl (C=O) groups is 2. The Morgan fingerprint density at radius 1 is 0.808 bits per heavy atom. The first-order chi connectivity index (χ1) is 12.0. The highest BCUT2D eigenvalue weighted by molar-refractivity contribution is 5.81. The predicted octanol–water partition coefficient (Wildman–Crippen LogP) is 5.31. The third-order valence-electron chi connectivity index (χ3n) is 4.59. The van der Waals surface area contributed by atoms with Crippen LogP contribution in [0.4, 0.5) is 0 Å². The van der Waals surface area contributed by atoms with E-state index in [4.69, 9.17) is 0 Å². The highest BCUT2D eigenvalue weighted by Gasteiger charge is 2.32. The average Bonchev–Trinajstić information content (AvgIpc) is 2.49. The second-order valence-electron chi connectivity index (χ2n) is 8.56. The molecule has 0 heterocycles. The number of aliphatic carboxylic acids is 2. The molecule has 0 saturated heterocycles. The van der Waals surface area contributed by atoms with Gasteiger partial charge in [0.1, 0.15) is 0 Å². The van der Waals surface area contributed by atoms with Crippen LogP contribution in [0, 0.1) is 17.8 Å². The van der Waals surface area contributed by atoms with Gasteiger partial charge in [-0.05, 0) is 53.7 Å². The van der Waals surface area contributed by atoms with Crippen molar-refractivity contribution in [2.75, 3.05) is 0 Å². The summed E-state index contributed by atoms with van der Waals surface area (Å²) in [4.78, 5) is 24.1. The van der Waals surface area contributed by atoms with Crippen molar-refractivity contribution in [2.24, 2.45) is 17.8 Å². The molecule has 0 spiro atoms. The summed E-state index contributed by atoms with van der Waals surface area (Å²) in [5.74, 6) is -2.30. The molecule has 0 fully saturated rings. The lowest BCUT2D eigenvalue weighted by atomic mass is 9.77. The normalized spacial score (nSPS) is 14.0. The monoisotopic (exact) mass is 362 g/mol. The van der Waals surface area contributed by atoms with Crippen molar-refractivity contribution in [3.8, 4) is 0 Å². The van der Waals surface area contributed by atoms with E-state index >= 15 is 0 Å². The molecule has 0 aromatic heterocycles. The molecule has 0 aliphatic carbocycles. The summed E-state index contributed by atoms with van der Waals surface area (Å²) in [6, 6.07) is 5.65. The SMILES string of the molecule is CC(C)Cc1cccc(C(CC(C)C)C(=O)O)c1C(CC(C)C)C(=O)O. The van der Waals surface area contributed by atoms with E-state index in [0.717, 1.165) is 17.5 Å². The lowest BCUT2D eigenvalue weighted by Gasteiger charge is -2.26. The van der Waals surface area contributed by atoms with Crippen LogP contribution >= 0.6 is 0 Å². The van der Waals surface area contributed by atoms with Gasteiger partial charge >= 0.3 is 11.9 Å². The van der Waals surface area contributed by atoms with Crippen LogP contribution in [0.2, 0.25) is 0 Å². The topological polar surface area (TPSA) is 74.6 Å². The highest BCUT2D eigenvalue weighted by Crippen LogP contribution is 2.37. The van der Waals surface area contributed by atoms with E-state index in [9.17, 15) is 19.8 Å². The molecule has 26 heavy (non-hydrogen) atoms. The van der Waals surface area contributed by atoms with Crippen molar-refractivity contribution in [3.63, 3.8) is 0 Å². The zero-order valence-electron chi connectivity index (χ0n) is 17.0.